The number of phenolic OH excluding ortho intramolecular Hbond substituents is 1. The van der Waals surface area contributed by atoms with E-state index in [2.05, 4.69) is 30.6 Å². The molecule has 1 unspecified atom stereocenters. The van der Waals surface area contributed by atoms with Gasteiger partial charge in [-0.05, 0) is 43.3 Å². The molecule has 0 spiro atoms. The quantitative estimate of drug-likeness (QED) is 0.858. The van der Waals surface area contributed by atoms with E-state index in [9.17, 15) is 5.11 Å². The number of phenols is 1. The highest BCUT2D eigenvalue weighted by molar-refractivity contribution is 7.10. The zero-order valence-electron chi connectivity index (χ0n) is 11.7. The Hall–Kier alpha value is -1.32. The van der Waals surface area contributed by atoms with Crippen LogP contribution in [0.25, 0.3) is 0 Å². The van der Waals surface area contributed by atoms with Gasteiger partial charge in [-0.3, -0.25) is 0 Å². The topological polar surface area (TPSA) is 32.3 Å². The van der Waals surface area contributed by atoms with E-state index in [0.29, 0.717) is 5.75 Å². The molecule has 0 amide bonds. The Balaban J connectivity index is 2.05. The summed E-state index contributed by atoms with van der Waals surface area (Å²) in [6.45, 7) is 7.18. The summed E-state index contributed by atoms with van der Waals surface area (Å²) in [4.78, 5) is 1.39. The van der Waals surface area contributed by atoms with Crippen molar-refractivity contribution in [2.24, 2.45) is 0 Å². The molecule has 1 atom stereocenters. The zero-order chi connectivity index (χ0) is 13.8. The first-order chi connectivity index (χ1) is 9.11. The minimum atomic E-state index is 0.145. The van der Waals surface area contributed by atoms with E-state index in [0.717, 1.165) is 18.5 Å². The number of hydrogen-bond acceptors (Lipinski definition) is 3. The standard InChI is InChI=1S/C16H21NOS/c1-4-13-7-8-19-16(13)10-17-12(3)14-9-11(2)5-6-15(14)18/h5-9,12,17-18H,4,10H2,1-3H3. The lowest BCUT2D eigenvalue weighted by atomic mass is 10.0. The fourth-order valence-electron chi connectivity index (χ4n) is 2.21. The molecule has 19 heavy (non-hydrogen) atoms. The van der Waals surface area contributed by atoms with Crippen molar-refractivity contribution >= 4 is 11.3 Å². The van der Waals surface area contributed by atoms with E-state index in [1.807, 2.05) is 19.1 Å². The van der Waals surface area contributed by atoms with E-state index < -0.39 is 0 Å². The lowest BCUT2D eigenvalue weighted by Gasteiger charge is -2.16. The van der Waals surface area contributed by atoms with Crippen LogP contribution in [-0.4, -0.2) is 5.11 Å². The minimum Gasteiger partial charge on any atom is -0.508 e. The molecule has 2 N–H and O–H groups in total. The summed E-state index contributed by atoms with van der Waals surface area (Å²) in [6, 6.07) is 8.08. The van der Waals surface area contributed by atoms with Gasteiger partial charge in [0.25, 0.3) is 0 Å². The predicted octanol–water partition coefficient (Wildman–Crippen LogP) is 4.18. The molecule has 1 aromatic carbocycles. The molecule has 102 valence electrons. The molecule has 0 saturated heterocycles. The molecular weight excluding hydrogens is 254 g/mol. The molecule has 0 saturated carbocycles. The third-order valence-electron chi connectivity index (χ3n) is 3.44. The Morgan fingerprint density at radius 3 is 2.84 bits per heavy atom. The average molecular weight is 275 g/mol. The Bertz CT molecular complexity index is 547. The van der Waals surface area contributed by atoms with E-state index in [-0.39, 0.29) is 6.04 Å². The summed E-state index contributed by atoms with van der Waals surface area (Å²) < 4.78 is 0. The Morgan fingerprint density at radius 2 is 2.11 bits per heavy atom. The van der Waals surface area contributed by atoms with Gasteiger partial charge < -0.3 is 10.4 Å². The second-order valence-corrected chi connectivity index (χ2v) is 5.89. The lowest BCUT2D eigenvalue weighted by Crippen LogP contribution is -2.18. The van der Waals surface area contributed by atoms with Crippen molar-refractivity contribution in [3.8, 4) is 5.75 Å². The van der Waals surface area contributed by atoms with Crippen LogP contribution in [-0.2, 0) is 13.0 Å². The Kier molecular flexibility index (Phi) is 4.61. The number of rotatable bonds is 5. The monoisotopic (exact) mass is 275 g/mol. The van der Waals surface area contributed by atoms with Crippen LogP contribution in [0.2, 0.25) is 0 Å². The fourth-order valence-corrected chi connectivity index (χ4v) is 3.14. The maximum atomic E-state index is 9.93. The average Bonchev–Trinajstić information content (AvgIpc) is 2.86. The van der Waals surface area contributed by atoms with Gasteiger partial charge in [-0.2, -0.15) is 0 Å². The molecule has 0 aliphatic carbocycles. The molecule has 2 aromatic rings. The van der Waals surface area contributed by atoms with Crippen LogP contribution in [0.1, 0.15) is 41.5 Å². The Morgan fingerprint density at radius 1 is 1.32 bits per heavy atom. The highest BCUT2D eigenvalue weighted by atomic mass is 32.1. The SMILES string of the molecule is CCc1ccsc1CNC(C)c1cc(C)ccc1O. The second kappa shape index (κ2) is 6.22. The lowest BCUT2D eigenvalue weighted by molar-refractivity contribution is 0.452. The molecule has 2 rings (SSSR count). The van der Waals surface area contributed by atoms with E-state index in [4.69, 9.17) is 0 Å². The van der Waals surface area contributed by atoms with Crippen LogP contribution in [0, 0.1) is 6.92 Å². The van der Waals surface area contributed by atoms with Crippen molar-refractivity contribution in [1.82, 2.24) is 5.32 Å². The van der Waals surface area contributed by atoms with Gasteiger partial charge in [-0.1, -0.05) is 24.6 Å². The van der Waals surface area contributed by atoms with Gasteiger partial charge in [0.05, 0.1) is 0 Å². The second-order valence-electron chi connectivity index (χ2n) is 4.89. The van der Waals surface area contributed by atoms with Crippen molar-refractivity contribution in [3.05, 3.63) is 51.2 Å². The number of hydrogen-bond donors (Lipinski definition) is 2. The van der Waals surface area contributed by atoms with Crippen molar-refractivity contribution in [1.29, 1.82) is 0 Å². The Labute approximate surface area is 119 Å². The fraction of sp³-hybridized carbons (Fsp3) is 0.375. The first-order valence-electron chi connectivity index (χ1n) is 6.70. The van der Waals surface area contributed by atoms with Gasteiger partial charge in [0.1, 0.15) is 5.75 Å². The molecule has 0 bridgehead atoms. The van der Waals surface area contributed by atoms with Crippen molar-refractivity contribution in [2.75, 3.05) is 0 Å². The predicted molar refractivity (Wildman–Crippen MR) is 81.8 cm³/mol. The first kappa shape index (κ1) is 14.1. The highest BCUT2D eigenvalue weighted by Crippen LogP contribution is 2.26. The molecule has 0 aliphatic heterocycles. The molecule has 0 radical (unpaired) electrons. The summed E-state index contributed by atoms with van der Waals surface area (Å²) in [6.07, 6.45) is 1.07. The molecule has 0 fully saturated rings. The van der Waals surface area contributed by atoms with E-state index in [1.165, 1.54) is 16.0 Å². The smallest absolute Gasteiger partial charge is 0.120 e. The van der Waals surface area contributed by atoms with Crippen LogP contribution in [0.15, 0.2) is 29.6 Å². The van der Waals surface area contributed by atoms with Gasteiger partial charge in [0.2, 0.25) is 0 Å². The molecule has 3 heteroatoms. The number of thiophene rings is 1. The summed E-state index contributed by atoms with van der Waals surface area (Å²) in [7, 11) is 0. The zero-order valence-corrected chi connectivity index (χ0v) is 12.6. The molecular formula is C16H21NOS. The summed E-state index contributed by atoms with van der Waals surface area (Å²) in [5.74, 6) is 0.368. The third kappa shape index (κ3) is 3.37. The van der Waals surface area contributed by atoms with Gasteiger partial charge in [0.15, 0.2) is 0 Å². The summed E-state index contributed by atoms with van der Waals surface area (Å²) in [5, 5.41) is 15.6. The van der Waals surface area contributed by atoms with E-state index in [1.54, 1.807) is 17.4 Å². The molecule has 1 heterocycles. The maximum absolute atomic E-state index is 9.93. The van der Waals surface area contributed by atoms with Crippen LogP contribution in [0.4, 0.5) is 0 Å². The largest absolute Gasteiger partial charge is 0.508 e. The number of nitrogens with one attached hydrogen (secondary N) is 1. The number of aryl methyl sites for hydroxylation is 2. The van der Waals surface area contributed by atoms with Gasteiger partial charge in [-0.15, -0.1) is 11.3 Å². The summed E-state index contributed by atoms with van der Waals surface area (Å²) in [5.41, 5.74) is 3.56. The van der Waals surface area contributed by atoms with Crippen molar-refractivity contribution in [2.45, 2.75) is 39.8 Å². The third-order valence-corrected chi connectivity index (χ3v) is 4.40. The van der Waals surface area contributed by atoms with Gasteiger partial charge in [0, 0.05) is 23.0 Å². The van der Waals surface area contributed by atoms with Crippen LogP contribution >= 0.6 is 11.3 Å². The first-order valence-corrected chi connectivity index (χ1v) is 7.58. The number of aromatic hydroxyl groups is 1. The minimum absolute atomic E-state index is 0.145. The van der Waals surface area contributed by atoms with Crippen molar-refractivity contribution in [3.63, 3.8) is 0 Å². The van der Waals surface area contributed by atoms with Gasteiger partial charge >= 0.3 is 0 Å². The number of benzene rings is 1. The molecule has 0 aliphatic rings. The maximum Gasteiger partial charge on any atom is 0.120 e. The van der Waals surface area contributed by atoms with Crippen molar-refractivity contribution < 1.29 is 5.11 Å². The van der Waals surface area contributed by atoms with Crippen LogP contribution in [0.3, 0.4) is 0 Å². The van der Waals surface area contributed by atoms with Crippen LogP contribution < -0.4 is 5.32 Å². The molecule has 1 aromatic heterocycles. The molecule has 2 nitrogen and oxygen atoms in total. The highest BCUT2D eigenvalue weighted by Gasteiger charge is 2.11. The normalized spacial score (nSPS) is 12.6. The van der Waals surface area contributed by atoms with Gasteiger partial charge in [-0.25, -0.2) is 0 Å². The van der Waals surface area contributed by atoms with E-state index >= 15 is 0 Å². The van der Waals surface area contributed by atoms with Crippen LogP contribution in [0.5, 0.6) is 5.75 Å². The summed E-state index contributed by atoms with van der Waals surface area (Å²) >= 11 is 1.79.